The fourth-order valence-electron chi connectivity index (χ4n) is 6.39. The number of likely N-dealkylation sites (tertiary alicyclic amines) is 1. The Bertz CT molecular complexity index is 382. The number of carbonyl (C=O) groups excluding carboxylic acids is 1. The summed E-state index contributed by atoms with van der Waals surface area (Å²) in [5, 5.41) is 3.30. The summed E-state index contributed by atoms with van der Waals surface area (Å²) in [4.78, 5) is 15.7. The van der Waals surface area contributed by atoms with Crippen LogP contribution < -0.4 is 5.32 Å². The van der Waals surface area contributed by atoms with Crippen molar-refractivity contribution < 1.29 is 4.79 Å². The van der Waals surface area contributed by atoms with E-state index in [0.29, 0.717) is 11.9 Å². The first-order chi connectivity index (χ1) is 10.2. The molecule has 4 aliphatic carbocycles. The van der Waals surface area contributed by atoms with Gasteiger partial charge >= 0.3 is 0 Å². The number of rotatable bonds is 3. The fraction of sp³-hybridized carbons (Fsp3) is 0.944. The molecule has 0 aromatic rings. The molecule has 1 aliphatic heterocycles. The summed E-state index contributed by atoms with van der Waals surface area (Å²) < 4.78 is 0. The van der Waals surface area contributed by atoms with Gasteiger partial charge in [-0.2, -0.15) is 0 Å². The van der Waals surface area contributed by atoms with E-state index >= 15 is 0 Å². The molecule has 3 heteroatoms. The van der Waals surface area contributed by atoms with Crippen LogP contribution in [0, 0.1) is 23.2 Å². The van der Waals surface area contributed by atoms with Crippen LogP contribution in [0.1, 0.15) is 57.8 Å². The van der Waals surface area contributed by atoms with E-state index in [9.17, 15) is 4.79 Å². The van der Waals surface area contributed by atoms with Crippen molar-refractivity contribution in [2.45, 2.75) is 63.8 Å². The number of amides is 1. The molecule has 1 atom stereocenters. The molecule has 1 saturated heterocycles. The number of hydrogen-bond donors (Lipinski definition) is 1. The summed E-state index contributed by atoms with van der Waals surface area (Å²) in [6.45, 7) is 1.98. The van der Waals surface area contributed by atoms with Crippen LogP contribution in [0.3, 0.4) is 0 Å². The Hall–Kier alpha value is -0.570. The Kier molecular flexibility index (Phi) is 3.52. The smallest absolute Gasteiger partial charge is 0.229 e. The van der Waals surface area contributed by atoms with Gasteiger partial charge in [0.25, 0.3) is 0 Å². The molecule has 0 aromatic heterocycles. The zero-order chi connectivity index (χ0) is 14.4. The molecule has 3 nitrogen and oxygen atoms in total. The SMILES string of the molecule is CNCC1CCCCN1C(=O)C12CC3CC(CC(C3)C1)C2. The van der Waals surface area contributed by atoms with E-state index in [0.717, 1.165) is 30.8 Å². The van der Waals surface area contributed by atoms with Gasteiger partial charge in [-0.25, -0.2) is 0 Å². The minimum Gasteiger partial charge on any atom is -0.338 e. The van der Waals surface area contributed by atoms with Crippen LogP contribution >= 0.6 is 0 Å². The lowest BCUT2D eigenvalue weighted by Gasteiger charge is -2.57. The molecular weight excluding hydrogens is 260 g/mol. The van der Waals surface area contributed by atoms with E-state index < -0.39 is 0 Å². The van der Waals surface area contributed by atoms with Crippen LogP contribution in [0.4, 0.5) is 0 Å². The second kappa shape index (κ2) is 5.26. The van der Waals surface area contributed by atoms with Crippen LogP contribution in [0.5, 0.6) is 0 Å². The van der Waals surface area contributed by atoms with Gasteiger partial charge in [-0.3, -0.25) is 4.79 Å². The number of piperidine rings is 1. The largest absolute Gasteiger partial charge is 0.338 e. The zero-order valence-electron chi connectivity index (χ0n) is 13.4. The van der Waals surface area contributed by atoms with Gasteiger partial charge in [-0.15, -0.1) is 0 Å². The quantitative estimate of drug-likeness (QED) is 0.867. The zero-order valence-corrected chi connectivity index (χ0v) is 13.4. The molecule has 5 fully saturated rings. The van der Waals surface area contributed by atoms with Crippen molar-refractivity contribution in [1.82, 2.24) is 10.2 Å². The molecule has 0 spiro atoms. The summed E-state index contributed by atoms with van der Waals surface area (Å²) in [6, 6.07) is 0.448. The van der Waals surface area contributed by atoms with E-state index in [4.69, 9.17) is 0 Å². The molecular formula is C18H30N2O. The summed E-state index contributed by atoms with van der Waals surface area (Å²) >= 11 is 0. The minimum atomic E-state index is 0.0537. The molecule has 1 heterocycles. The average Bonchev–Trinajstić information content (AvgIpc) is 2.46. The Morgan fingerprint density at radius 2 is 1.71 bits per heavy atom. The molecule has 4 saturated carbocycles. The lowest BCUT2D eigenvalue weighted by Crippen LogP contribution is -2.58. The van der Waals surface area contributed by atoms with Gasteiger partial charge in [-0.1, -0.05) is 0 Å². The highest BCUT2D eigenvalue weighted by Crippen LogP contribution is 2.60. The van der Waals surface area contributed by atoms with Crippen molar-refractivity contribution in [2.75, 3.05) is 20.1 Å². The maximum absolute atomic E-state index is 13.4. The molecule has 0 aromatic carbocycles. The van der Waals surface area contributed by atoms with Crippen LogP contribution in [0.2, 0.25) is 0 Å². The highest BCUT2D eigenvalue weighted by molar-refractivity contribution is 5.83. The highest BCUT2D eigenvalue weighted by atomic mass is 16.2. The second-order valence-electron chi connectivity index (χ2n) is 8.40. The topological polar surface area (TPSA) is 32.3 Å². The molecule has 4 bridgehead atoms. The van der Waals surface area contributed by atoms with Gasteiger partial charge in [0.2, 0.25) is 5.91 Å². The Labute approximate surface area is 128 Å². The van der Waals surface area contributed by atoms with Crippen molar-refractivity contribution in [3.63, 3.8) is 0 Å². The van der Waals surface area contributed by atoms with Gasteiger partial charge in [0.1, 0.15) is 0 Å². The third kappa shape index (κ3) is 2.32. The van der Waals surface area contributed by atoms with Crippen LogP contribution in [-0.4, -0.2) is 37.0 Å². The van der Waals surface area contributed by atoms with E-state index in [2.05, 4.69) is 10.2 Å². The van der Waals surface area contributed by atoms with Gasteiger partial charge in [0.15, 0.2) is 0 Å². The highest BCUT2D eigenvalue weighted by Gasteiger charge is 2.56. The fourth-order valence-corrected chi connectivity index (χ4v) is 6.39. The first-order valence-electron chi connectivity index (χ1n) is 9.16. The predicted molar refractivity (Wildman–Crippen MR) is 83.9 cm³/mol. The molecule has 1 unspecified atom stereocenters. The third-order valence-electron chi connectivity index (χ3n) is 6.82. The van der Waals surface area contributed by atoms with Gasteiger partial charge in [0, 0.05) is 19.1 Å². The number of hydrogen-bond acceptors (Lipinski definition) is 2. The molecule has 5 aliphatic rings. The Morgan fingerprint density at radius 1 is 1.10 bits per heavy atom. The van der Waals surface area contributed by atoms with E-state index in [1.54, 1.807) is 0 Å². The van der Waals surface area contributed by atoms with Crippen molar-refractivity contribution in [3.05, 3.63) is 0 Å². The van der Waals surface area contributed by atoms with Crippen LogP contribution in [0.15, 0.2) is 0 Å². The molecule has 5 rings (SSSR count). The Morgan fingerprint density at radius 3 is 2.29 bits per heavy atom. The molecule has 21 heavy (non-hydrogen) atoms. The first kappa shape index (κ1) is 14.0. The number of nitrogens with zero attached hydrogens (tertiary/aromatic N) is 1. The van der Waals surface area contributed by atoms with E-state index in [-0.39, 0.29) is 5.41 Å². The molecule has 1 amide bonds. The minimum absolute atomic E-state index is 0.0537. The normalized spacial score (nSPS) is 45.1. The maximum Gasteiger partial charge on any atom is 0.229 e. The standard InChI is InChI=1S/C18H30N2O/c1-19-12-16-4-2-3-5-20(16)17(21)18-9-13-6-14(10-18)8-15(7-13)11-18/h13-16,19H,2-12H2,1H3. The van der Waals surface area contributed by atoms with Crippen molar-refractivity contribution >= 4 is 5.91 Å². The maximum atomic E-state index is 13.4. The van der Waals surface area contributed by atoms with Gasteiger partial charge in [-0.05, 0) is 82.6 Å². The van der Waals surface area contributed by atoms with Gasteiger partial charge in [0.05, 0.1) is 5.41 Å². The van der Waals surface area contributed by atoms with Crippen molar-refractivity contribution in [2.24, 2.45) is 23.2 Å². The molecule has 0 radical (unpaired) electrons. The van der Waals surface area contributed by atoms with Crippen molar-refractivity contribution in [3.8, 4) is 0 Å². The first-order valence-corrected chi connectivity index (χ1v) is 9.16. The van der Waals surface area contributed by atoms with Crippen LogP contribution in [-0.2, 0) is 4.79 Å². The summed E-state index contributed by atoms with van der Waals surface area (Å²) in [5.74, 6) is 3.15. The lowest BCUT2D eigenvalue weighted by molar-refractivity contribution is -0.161. The number of likely N-dealkylation sites (N-methyl/N-ethyl adjacent to an activating group) is 1. The van der Waals surface area contributed by atoms with E-state index in [1.807, 2.05) is 7.05 Å². The summed E-state index contributed by atoms with van der Waals surface area (Å²) in [7, 11) is 2.02. The van der Waals surface area contributed by atoms with Gasteiger partial charge < -0.3 is 10.2 Å². The molecule has 118 valence electrons. The molecule has 1 N–H and O–H groups in total. The van der Waals surface area contributed by atoms with Crippen molar-refractivity contribution in [1.29, 1.82) is 0 Å². The predicted octanol–water partition coefficient (Wildman–Crippen LogP) is 2.80. The lowest BCUT2D eigenvalue weighted by atomic mass is 9.49. The third-order valence-corrected chi connectivity index (χ3v) is 6.82. The monoisotopic (exact) mass is 290 g/mol. The average molecular weight is 290 g/mol. The second-order valence-corrected chi connectivity index (χ2v) is 8.40. The number of carbonyl (C=O) groups is 1. The van der Waals surface area contributed by atoms with E-state index in [1.165, 1.54) is 57.8 Å². The Balaban J connectivity index is 1.55. The van der Waals surface area contributed by atoms with Crippen LogP contribution in [0.25, 0.3) is 0 Å². The summed E-state index contributed by atoms with van der Waals surface area (Å²) in [5.41, 5.74) is 0.0537. The number of nitrogens with one attached hydrogen (secondary N) is 1. The summed E-state index contributed by atoms with van der Waals surface area (Å²) in [6.07, 6.45) is 11.6.